The van der Waals surface area contributed by atoms with Crippen molar-refractivity contribution in [2.45, 2.75) is 18.4 Å². The van der Waals surface area contributed by atoms with Gasteiger partial charge in [-0.2, -0.15) is 0 Å². The van der Waals surface area contributed by atoms with E-state index in [0.29, 0.717) is 23.1 Å². The molecule has 1 fully saturated rings. The predicted octanol–water partition coefficient (Wildman–Crippen LogP) is 3.05. The Morgan fingerprint density at radius 3 is 2.58 bits per heavy atom. The van der Waals surface area contributed by atoms with Crippen molar-refractivity contribution in [1.82, 2.24) is 10.3 Å². The molecule has 0 atom stereocenters. The van der Waals surface area contributed by atoms with Gasteiger partial charge < -0.3 is 15.8 Å². The maximum atomic E-state index is 11.1. The number of benzene rings is 1. The number of likely N-dealkylation sites (N-methyl/N-ethyl adjacent to an activating group) is 1. The van der Waals surface area contributed by atoms with Crippen LogP contribution in [0.5, 0.6) is 5.75 Å². The molecule has 1 saturated carbocycles. The molecule has 0 spiro atoms. The van der Waals surface area contributed by atoms with Crippen molar-refractivity contribution >= 4 is 29.9 Å². The molecule has 0 saturated heterocycles. The molecule has 1 amide bonds. The lowest BCUT2D eigenvalue weighted by Gasteiger charge is -2.15. The van der Waals surface area contributed by atoms with E-state index in [-0.39, 0.29) is 17.9 Å². The number of primary amides is 1. The molecule has 1 aromatic heterocycles. The van der Waals surface area contributed by atoms with Crippen molar-refractivity contribution < 1.29 is 9.53 Å². The molecule has 24 heavy (non-hydrogen) atoms. The first-order valence-electron chi connectivity index (χ1n) is 7.40. The van der Waals surface area contributed by atoms with E-state index in [0.717, 1.165) is 24.0 Å². The number of carbonyl (C=O) groups is 1. The van der Waals surface area contributed by atoms with Crippen molar-refractivity contribution in [2.24, 2.45) is 5.73 Å². The SMILES string of the molecule is CNC1(COc2cnc(Cl)c(-c3ccc(C(N)=O)cc3)c2)CC1.Cl. The lowest BCUT2D eigenvalue weighted by atomic mass is 10.1. The molecule has 5 nitrogen and oxygen atoms in total. The zero-order chi connectivity index (χ0) is 16.4. The summed E-state index contributed by atoms with van der Waals surface area (Å²) in [6, 6.07) is 8.79. The fourth-order valence-electron chi connectivity index (χ4n) is 2.36. The number of hydrogen-bond donors (Lipinski definition) is 2. The highest BCUT2D eigenvalue weighted by molar-refractivity contribution is 6.32. The van der Waals surface area contributed by atoms with Crippen molar-refractivity contribution in [3.63, 3.8) is 0 Å². The van der Waals surface area contributed by atoms with E-state index in [2.05, 4.69) is 10.3 Å². The van der Waals surface area contributed by atoms with Crippen molar-refractivity contribution in [1.29, 1.82) is 0 Å². The third kappa shape index (κ3) is 3.98. The van der Waals surface area contributed by atoms with Gasteiger partial charge in [-0.25, -0.2) is 4.98 Å². The van der Waals surface area contributed by atoms with Crippen LogP contribution >= 0.6 is 24.0 Å². The number of hydrogen-bond acceptors (Lipinski definition) is 4. The van der Waals surface area contributed by atoms with Gasteiger partial charge in [-0.15, -0.1) is 12.4 Å². The summed E-state index contributed by atoms with van der Waals surface area (Å²) in [6.45, 7) is 0.604. The van der Waals surface area contributed by atoms with Crippen LogP contribution in [0, 0.1) is 0 Å². The number of halogens is 2. The Bertz CT molecular complexity index is 731. The van der Waals surface area contributed by atoms with Gasteiger partial charge in [0.05, 0.1) is 11.7 Å². The van der Waals surface area contributed by atoms with Gasteiger partial charge in [0.1, 0.15) is 17.5 Å². The molecule has 0 bridgehead atoms. The fourth-order valence-corrected chi connectivity index (χ4v) is 2.58. The van der Waals surface area contributed by atoms with E-state index in [1.54, 1.807) is 30.5 Å². The molecule has 7 heteroatoms. The van der Waals surface area contributed by atoms with Crippen LogP contribution < -0.4 is 15.8 Å². The normalized spacial score (nSPS) is 14.6. The van der Waals surface area contributed by atoms with E-state index in [9.17, 15) is 4.79 Å². The smallest absolute Gasteiger partial charge is 0.248 e. The third-order valence-electron chi connectivity index (χ3n) is 4.19. The average Bonchev–Trinajstić information content (AvgIpc) is 3.35. The lowest BCUT2D eigenvalue weighted by molar-refractivity contribution is 0.100. The van der Waals surface area contributed by atoms with Crippen LogP contribution in [0.4, 0.5) is 0 Å². The zero-order valence-corrected chi connectivity index (χ0v) is 14.8. The summed E-state index contributed by atoms with van der Waals surface area (Å²) in [5.74, 6) is 0.213. The number of rotatable bonds is 6. The Balaban J connectivity index is 0.00000208. The molecule has 1 aromatic carbocycles. The summed E-state index contributed by atoms with van der Waals surface area (Å²) < 4.78 is 5.85. The number of nitrogens with one attached hydrogen (secondary N) is 1. The standard InChI is InChI=1S/C17H18ClN3O2.ClH/c1-20-17(6-7-17)10-23-13-8-14(15(18)21-9-13)11-2-4-12(5-3-11)16(19)22;/h2-5,8-9,20H,6-7,10H2,1H3,(H2,19,22);1H. The van der Waals surface area contributed by atoms with E-state index in [1.165, 1.54) is 0 Å². The Labute approximate surface area is 152 Å². The molecule has 128 valence electrons. The second-order valence-electron chi connectivity index (χ2n) is 5.77. The van der Waals surface area contributed by atoms with Gasteiger partial charge in [-0.05, 0) is 43.7 Å². The second-order valence-corrected chi connectivity index (χ2v) is 6.13. The van der Waals surface area contributed by atoms with Crippen LogP contribution in [0.1, 0.15) is 23.2 Å². The van der Waals surface area contributed by atoms with Gasteiger partial charge in [0.25, 0.3) is 0 Å². The molecule has 2 aromatic rings. The number of pyridine rings is 1. The lowest BCUT2D eigenvalue weighted by Crippen LogP contribution is -2.33. The molecule has 3 N–H and O–H groups in total. The number of aromatic nitrogens is 1. The van der Waals surface area contributed by atoms with Crippen LogP contribution in [0.3, 0.4) is 0 Å². The highest BCUT2D eigenvalue weighted by atomic mass is 35.5. The minimum absolute atomic E-state index is 0. The first kappa shape index (κ1) is 18.5. The molecular weight excluding hydrogens is 349 g/mol. The highest BCUT2D eigenvalue weighted by Gasteiger charge is 2.41. The zero-order valence-electron chi connectivity index (χ0n) is 13.2. The number of amides is 1. The number of ether oxygens (including phenoxy) is 1. The van der Waals surface area contributed by atoms with Crippen LogP contribution in [-0.2, 0) is 0 Å². The molecule has 0 unspecified atom stereocenters. The van der Waals surface area contributed by atoms with Gasteiger partial charge >= 0.3 is 0 Å². The van der Waals surface area contributed by atoms with E-state index in [1.807, 2.05) is 13.1 Å². The first-order valence-corrected chi connectivity index (χ1v) is 7.78. The summed E-state index contributed by atoms with van der Waals surface area (Å²) in [5, 5.41) is 3.67. The largest absolute Gasteiger partial charge is 0.490 e. The molecule has 1 aliphatic carbocycles. The maximum Gasteiger partial charge on any atom is 0.248 e. The van der Waals surface area contributed by atoms with Crippen LogP contribution in [0.25, 0.3) is 11.1 Å². The minimum Gasteiger partial charge on any atom is -0.490 e. The monoisotopic (exact) mass is 367 g/mol. The van der Waals surface area contributed by atoms with E-state index < -0.39 is 5.91 Å². The summed E-state index contributed by atoms with van der Waals surface area (Å²) >= 11 is 6.19. The molecular formula is C17H19Cl2N3O2. The predicted molar refractivity (Wildman–Crippen MR) is 97.0 cm³/mol. The van der Waals surface area contributed by atoms with Crippen molar-refractivity contribution in [3.05, 3.63) is 47.2 Å². The Morgan fingerprint density at radius 1 is 1.38 bits per heavy atom. The quantitative estimate of drug-likeness (QED) is 0.769. The van der Waals surface area contributed by atoms with Crippen LogP contribution in [0.15, 0.2) is 36.5 Å². The molecule has 3 rings (SSSR count). The highest BCUT2D eigenvalue weighted by Crippen LogP contribution is 2.36. The summed E-state index contributed by atoms with van der Waals surface area (Å²) in [7, 11) is 1.95. The topological polar surface area (TPSA) is 77.2 Å². The fraction of sp³-hybridized carbons (Fsp3) is 0.294. The summed E-state index contributed by atoms with van der Waals surface area (Å²) in [6.07, 6.45) is 3.85. The first-order chi connectivity index (χ1) is 11.0. The summed E-state index contributed by atoms with van der Waals surface area (Å²) in [4.78, 5) is 15.3. The Morgan fingerprint density at radius 2 is 2.04 bits per heavy atom. The van der Waals surface area contributed by atoms with Gasteiger partial charge in [-0.3, -0.25) is 4.79 Å². The number of nitrogens with two attached hydrogens (primary N) is 1. The third-order valence-corrected chi connectivity index (χ3v) is 4.49. The Hall–Kier alpha value is -1.82. The molecule has 1 heterocycles. The van der Waals surface area contributed by atoms with Crippen LogP contribution in [-0.4, -0.2) is 30.1 Å². The maximum absolute atomic E-state index is 11.1. The van der Waals surface area contributed by atoms with Gasteiger partial charge in [0.15, 0.2) is 0 Å². The molecule has 1 aliphatic rings. The summed E-state index contributed by atoms with van der Waals surface area (Å²) in [5.41, 5.74) is 7.42. The van der Waals surface area contributed by atoms with Crippen LogP contribution in [0.2, 0.25) is 5.15 Å². The molecule has 0 aliphatic heterocycles. The van der Waals surface area contributed by atoms with Gasteiger partial charge in [0.2, 0.25) is 5.91 Å². The second kappa shape index (κ2) is 7.38. The molecule has 0 radical (unpaired) electrons. The number of nitrogens with zero attached hydrogens (tertiary/aromatic N) is 1. The van der Waals surface area contributed by atoms with Crippen molar-refractivity contribution in [2.75, 3.05) is 13.7 Å². The minimum atomic E-state index is -0.459. The van der Waals surface area contributed by atoms with Gasteiger partial charge in [-0.1, -0.05) is 23.7 Å². The average molecular weight is 368 g/mol. The van der Waals surface area contributed by atoms with Crippen molar-refractivity contribution in [3.8, 4) is 16.9 Å². The van der Waals surface area contributed by atoms with Gasteiger partial charge in [0, 0.05) is 11.1 Å². The van der Waals surface area contributed by atoms with E-state index in [4.69, 9.17) is 22.1 Å². The van der Waals surface area contributed by atoms with E-state index >= 15 is 0 Å². The number of carbonyl (C=O) groups excluding carboxylic acids is 1. The Kier molecular flexibility index (Phi) is 5.70.